The van der Waals surface area contributed by atoms with Gasteiger partial charge in [-0.05, 0) is 29.5 Å². The van der Waals surface area contributed by atoms with Gasteiger partial charge in [0.05, 0.1) is 0 Å². The first-order chi connectivity index (χ1) is 7.90. The number of benzene rings is 2. The molecule has 3 rings (SSSR count). The van der Waals surface area contributed by atoms with Gasteiger partial charge >= 0.3 is 0 Å². The van der Waals surface area contributed by atoms with E-state index in [1.165, 1.54) is 18.4 Å². The molecule has 0 saturated heterocycles. The average Bonchev–Trinajstić information content (AvgIpc) is 2.33. The topological polar surface area (TPSA) is 0 Å². The monoisotopic (exact) mass is 208 g/mol. The van der Waals surface area contributed by atoms with Crippen molar-refractivity contribution in [3.8, 4) is 0 Å². The van der Waals surface area contributed by atoms with Crippen molar-refractivity contribution < 1.29 is 0 Å². The third-order valence-corrected chi connectivity index (χ3v) is 2.82. The number of hydrogen-bond acceptors (Lipinski definition) is 0. The lowest BCUT2D eigenvalue weighted by molar-refractivity contribution is 0.839. The Hall–Kier alpha value is -1.82. The van der Waals surface area contributed by atoms with Crippen LogP contribution < -0.4 is 0 Å². The van der Waals surface area contributed by atoms with Crippen molar-refractivity contribution in [3.63, 3.8) is 0 Å². The molecule has 0 unspecified atom stereocenters. The molecular formula is C16H16. The molecule has 16 heavy (non-hydrogen) atoms. The Balaban J connectivity index is 0.000000120. The van der Waals surface area contributed by atoms with E-state index in [0.29, 0.717) is 0 Å². The smallest absolute Gasteiger partial charge is 0.0235 e. The van der Waals surface area contributed by atoms with E-state index in [2.05, 4.69) is 30.8 Å². The Bertz CT molecular complexity index is 431. The zero-order chi connectivity index (χ0) is 11.2. The van der Waals surface area contributed by atoms with Gasteiger partial charge in [0.15, 0.2) is 0 Å². The Morgan fingerprint density at radius 2 is 1.25 bits per heavy atom. The molecule has 0 aromatic heterocycles. The van der Waals surface area contributed by atoms with Crippen molar-refractivity contribution in [1.82, 2.24) is 0 Å². The first-order valence-corrected chi connectivity index (χ1v) is 5.64. The van der Waals surface area contributed by atoms with E-state index in [9.17, 15) is 0 Å². The van der Waals surface area contributed by atoms with E-state index < -0.39 is 0 Å². The summed E-state index contributed by atoms with van der Waals surface area (Å²) in [5, 5.41) is 0. The second-order valence-electron chi connectivity index (χ2n) is 3.88. The van der Waals surface area contributed by atoms with Gasteiger partial charge in [-0.1, -0.05) is 67.3 Å². The second-order valence-corrected chi connectivity index (χ2v) is 3.88. The summed E-state index contributed by atoms with van der Waals surface area (Å²) in [5.74, 6) is 0. The fraction of sp³-hybridized carbons (Fsp3) is 0.125. The van der Waals surface area contributed by atoms with E-state index in [4.69, 9.17) is 0 Å². The standard InChI is InChI=1S/2C8H8/c1-2-4-8-6-5-7(8)3-1;1-2-8-6-4-3-5-7-8/h1-4H,5-6H2;2-7H,1H2. The van der Waals surface area contributed by atoms with Crippen molar-refractivity contribution in [2.24, 2.45) is 0 Å². The minimum Gasteiger partial charge on any atom is -0.0985 e. The minimum atomic E-state index is 1.17. The predicted octanol–water partition coefficient (Wildman–Crippen LogP) is 4.11. The van der Waals surface area contributed by atoms with Gasteiger partial charge in [-0.15, -0.1) is 0 Å². The Morgan fingerprint density at radius 1 is 0.750 bits per heavy atom. The zero-order valence-electron chi connectivity index (χ0n) is 9.39. The molecule has 80 valence electrons. The Labute approximate surface area is 97.3 Å². The normalized spacial score (nSPS) is 11.5. The highest BCUT2D eigenvalue weighted by Crippen LogP contribution is 2.20. The lowest BCUT2D eigenvalue weighted by atomic mass is 9.89. The molecule has 1 aliphatic rings. The predicted molar refractivity (Wildman–Crippen MR) is 70.4 cm³/mol. The maximum atomic E-state index is 3.63. The number of hydrogen-bond donors (Lipinski definition) is 0. The van der Waals surface area contributed by atoms with E-state index in [-0.39, 0.29) is 0 Å². The van der Waals surface area contributed by atoms with Crippen LogP contribution in [0.15, 0.2) is 61.2 Å². The number of fused-ring (bicyclic) bond motifs is 1. The molecule has 0 fully saturated rings. The van der Waals surface area contributed by atoms with Crippen LogP contribution >= 0.6 is 0 Å². The molecule has 2 aromatic carbocycles. The summed E-state index contributed by atoms with van der Waals surface area (Å²) in [6.45, 7) is 3.63. The second kappa shape index (κ2) is 5.32. The summed E-state index contributed by atoms with van der Waals surface area (Å²) in [5.41, 5.74) is 4.27. The highest BCUT2D eigenvalue weighted by atomic mass is 14.1. The molecule has 0 N–H and O–H groups in total. The summed E-state index contributed by atoms with van der Waals surface area (Å²) in [6.07, 6.45) is 4.44. The summed E-state index contributed by atoms with van der Waals surface area (Å²) in [4.78, 5) is 0. The molecule has 0 amide bonds. The van der Waals surface area contributed by atoms with Crippen LogP contribution in [0, 0.1) is 0 Å². The van der Waals surface area contributed by atoms with Gasteiger partial charge in [0, 0.05) is 0 Å². The van der Waals surface area contributed by atoms with Crippen LogP contribution in [-0.2, 0) is 12.8 Å². The van der Waals surface area contributed by atoms with Crippen LogP contribution in [0.1, 0.15) is 16.7 Å². The number of rotatable bonds is 1. The van der Waals surface area contributed by atoms with Crippen LogP contribution in [0.5, 0.6) is 0 Å². The van der Waals surface area contributed by atoms with E-state index >= 15 is 0 Å². The molecule has 0 heterocycles. The molecule has 0 heteroatoms. The molecule has 0 atom stereocenters. The molecule has 0 saturated carbocycles. The maximum absolute atomic E-state index is 3.63. The van der Waals surface area contributed by atoms with Gasteiger partial charge in [-0.3, -0.25) is 0 Å². The van der Waals surface area contributed by atoms with Gasteiger partial charge in [-0.25, -0.2) is 0 Å². The van der Waals surface area contributed by atoms with Crippen molar-refractivity contribution in [2.45, 2.75) is 12.8 Å². The molecule has 0 radical (unpaired) electrons. The van der Waals surface area contributed by atoms with Crippen molar-refractivity contribution in [2.75, 3.05) is 0 Å². The first kappa shape index (κ1) is 10.7. The summed E-state index contributed by atoms with van der Waals surface area (Å²) in [7, 11) is 0. The largest absolute Gasteiger partial charge is 0.0985 e. The molecule has 0 aliphatic heterocycles. The summed E-state index contributed by atoms with van der Waals surface area (Å²) in [6, 6.07) is 18.7. The van der Waals surface area contributed by atoms with Gasteiger partial charge in [0.25, 0.3) is 0 Å². The fourth-order valence-electron chi connectivity index (χ4n) is 1.73. The van der Waals surface area contributed by atoms with Gasteiger partial charge in [0.2, 0.25) is 0 Å². The summed E-state index contributed by atoms with van der Waals surface area (Å²) < 4.78 is 0. The van der Waals surface area contributed by atoms with E-state index in [1.807, 2.05) is 36.4 Å². The van der Waals surface area contributed by atoms with Crippen LogP contribution in [-0.4, -0.2) is 0 Å². The molecule has 2 aromatic rings. The average molecular weight is 208 g/mol. The fourth-order valence-corrected chi connectivity index (χ4v) is 1.73. The van der Waals surface area contributed by atoms with Crippen molar-refractivity contribution in [1.29, 1.82) is 0 Å². The molecule has 0 nitrogen and oxygen atoms in total. The van der Waals surface area contributed by atoms with Crippen LogP contribution in [0.3, 0.4) is 0 Å². The highest BCUT2D eigenvalue weighted by Gasteiger charge is 2.09. The Morgan fingerprint density at radius 3 is 1.56 bits per heavy atom. The zero-order valence-corrected chi connectivity index (χ0v) is 9.39. The van der Waals surface area contributed by atoms with E-state index in [1.54, 1.807) is 11.1 Å². The van der Waals surface area contributed by atoms with Crippen LogP contribution in [0.25, 0.3) is 6.08 Å². The lowest BCUT2D eigenvalue weighted by Crippen LogP contribution is -2.06. The van der Waals surface area contributed by atoms with Crippen LogP contribution in [0.4, 0.5) is 0 Å². The Kier molecular flexibility index (Phi) is 3.55. The molecule has 1 aliphatic carbocycles. The van der Waals surface area contributed by atoms with Crippen molar-refractivity contribution in [3.05, 3.63) is 77.9 Å². The SMILES string of the molecule is C=Cc1ccccc1.c1ccc2c(c1)CC2. The first-order valence-electron chi connectivity index (χ1n) is 5.64. The van der Waals surface area contributed by atoms with Gasteiger partial charge in [0.1, 0.15) is 0 Å². The third-order valence-electron chi connectivity index (χ3n) is 2.82. The van der Waals surface area contributed by atoms with Crippen LogP contribution in [0.2, 0.25) is 0 Å². The maximum Gasteiger partial charge on any atom is -0.0235 e. The van der Waals surface area contributed by atoms with E-state index in [0.717, 1.165) is 0 Å². The highest BCUT2D eigenvalue weighted by molar-refractivity contribution is 5.45. The van der Waals surface area contributed by atoms with Crippen molar-refractivity contribution >= 4 is 6.08 Å². The summed E-state index contributed by atoms with van der Waals surface area (Å²) >= 11 is 0. The number of aryl methyl sites for hydroxylation is 2. The van der Waals surface area contributed by atoms with Gasteiger partial charge in [-0.2, -0.15) is 0 Å². The molecule has 0 spiro atoms. The third kappa shape index (κ3) is 2.60. The molecule has 0 bridgehead atoms. The minimum absolute atomic E-state index is 1.17. The lowest BCUT2D eigenvalue weighted by Gasteiger charge is -2.16. The molecular weight excluding hydrogens is 192 g/mol. The van der Waals surface area contributed by atoms with Gasteiger partial charge < -0.3 is 0 Å². The quantitative estimate of drug-likeness (QED) is 0.661.